The molecule has 0 atom stereocenters. The zero-order valence-corrected chi connectivity index (χ0v) is 7.97. The first-order valence-electron chi connectivity index (χ1n) is 3.32. The van der Waals surface area contributed by atoms with Gasteiger partial charge < -0.3 is 0 Å². The second kappa shape index (κ2) is 2.72. The van der Waals surface area contributed by atoms with Crippen molar-refractivity contribution in [2.45, 2.75) is 4.90 Å². The number of nitrogens with two attached hydrogens (primary N) is 1. The van der Waals surface area contributed by atoms with Gasteiger partial charge in [-0.1, -0.05) is 0 Å². The Morgan fingerprint density at radius 3 is 2.62 bits per heavy atom. The van der Waals surface area contributed by atoms with E-state index in [0.29, 0.717) is 11.0 Å². The van der Waals surface area contributed by atoms with E-state index in [-0.39, 0.29) is 4.90 Å². The summed E-state index contributed by atoms with van der Waals surface area (Å²) >= 11 is 1.04. The summed E-state index contributed by atoms with van der Waals surface area (Å²) in [4.78, 5) is 0.0627. The molecule has 0 amide bonds. The molecule has 1 aromatic carbocycles. The first-order chi connectivity index (χ1) is 6.07. The first kappa shape index (κ1) is 8.54. The summed E-state index contributed by atoms with van der Waals surface area (Å²) in [6.45, 7) is 0. The largest absolute Gasteiger partial charge is 0.238 e. The number of rotatable bonds is 1. The second-order valence-corrected chi connectivity index (χ2v) is 4.55. The SMILES string of the molecule is NS(=O)(=O)c1ccc2nsnc2c1. The summed E-state index contributed by atoms with van der Waals surface area (Å²) in [6.07, 6.45) is 0. The van der Waals surface area contributed by atoms with Crippen LogP contribution in [0.1, 0.15) is 0 Å². The Morgan fingerprint density at radius 1 is 1.23 bits per heavy atom. The van der Waals surface area contributed by atoms with Crippen LogP contribution in [0.15, 0.2) is 23.1 Å². The highest BCUT2D eigenvalue weighted by molar-refractivity contribution is 7.89. The van der Waals surface area contributed by atoms with Crippen molar-refractivity contribution in [2.24, 2.45) is 5.14 Å². The van der Waals surface area contributed by atoms with Gasteiger partial charge in [0.2, 0.25) is 10.0 Å². The molecule has 5 nitrogen and oxygen atoms in total. The number of sulfonamides is 1. The van der Waals surface area contributed by atoms with E-state index in [1.807, 2.05) is 0 Å². The lowest BCUT2D eigenvalue weighted by Gasteiger charge is -1.95. The molecule has 2 N–H and O–H groups in total. The summed E-state index contributed by atoms with van der Waals surface area (Å²) in [5.41, 5.74) is 1.23. The molecule has 2 aromatic rings. The van der Waals surface area contributed by atoms with Crippen molar-refractivity contribution in [3.05, 3.63) is 18.2 Å². The highest BCUT2D eigenvalue weighted by Crippen LogP contribution is 2.15. The van der Waals surface area contributed by atoms with E-state index in [0.717, 1.165) is 11.7 Å². The van der Waals surface area contributed by atoms with Gasteiger partial charge in [0.25, 0.3) is 0 Å². The molecule has 1 heterocycles. The lowest BCUT2D eigenvalue weighted by Crippen LogP contribution is -2.11. The number of benzene rings is 1. The maximum absolute atomic E-state index is 10.9. The van der Waals surface area contributed by atoms with E-state index in [1.165, 1.54) is 12.1 Å². The van der Waals surface area contributed by atoms with Crippen LogP contribution in [-0.2, 0) is 10.0 Å². The fourth-order valence-electron chi connectivity index (χ4n) is 0.939. The Kier molecular flexibility index (Phi) is 1.79. The average Bonchev–Trinajstić information content (AvgIpc) is 2.47. The standard InChI is InChI=1S/C6H5N3O2S2/c7-13(10,11)4-1-2-5-6(3-4)9-12-8-5/h1-3H,(H2,7,10,11). The fourth-order valence-corrected chi connectivity index (χ4v) is 1.99. The van der Waals surface area contributed by atoms with E-state index in [9.17, 15) is 8.42 Å². The molecule has 0 saturated heterocycles. The van der Waals surface area contributed by atoms with E-state index in [2.05, 4.69) is 8.75 Å². The molecule has 68 valence electrons. The van der Waals surface area contributed by atoms with Gasteiger partial charge in [-0.2, -0.15) is 8.75 Å². The molecular weight excluding hydrogens is 210 g/mol. The molecule has 0 bridgehead atoms. The Balaban J connectivity index is 2.75. The molecule has 7 heteroatoms. The highest BCUT2D eigenvalue weighted by atomic mass is 32.2. The quantitative estimate of drug-likeness (QED) is 0.743. The third kappa shape index (κ3) is 1.53. The van der Waals surface area contributed by atoms with Crippen molar-refractivity contribution in [2.75, 3.05) is 0 Å². The van der Waals surface area contributed by atoms with Crippen molar-refractivity contribution < 1.29 is 8.42 Å². The number of primary sulfonamides is 1. The Hall–Kier alpha value is -1.05. The van der Waals surface area contributed by atoms with Gasteiger partial charge in [-0.25, -0.2) is 13.6 Å². The van der Waals surface area contributed by atoms with Gasteiger partial charge >= 0.3 is 0 Å². The van der Waals surface area contributed by atoms with Crippen LogP contribution in [0.25, 0.3) is 11.0 Å². The minimum absolute atomic E-state index is 0.0627. The summed E-state index contributed by atoms with van der Waals surface area (Å²) in [7, 11) is -3.64. The van der Waals surface area contributed by atoms with Crippen LogP contribution in [-0.4, -0.2) is 17.2 Å². The smallest absolute Gasteiger partial charge is 0.225 e. The predicted molar refractivity (Wildman–Crippen MR) is 48.8 cm³/mol. The van der Waals surface area contributed by atoms with Crippen LogP contribution < -0.4 is 5.14 Å². The molecule has 0 unspecified atom stereocenters. The van der Waals surface area contributed by atoms with Crippen LogP contribution in [0.5, 0.6) is 0 Å². The van der Waals surface area contributed by atoms with E-state index in [4.69, 9.17) is 5.14 Å². The second-order valence-electron chi connectivity index (χ2n) is 2.46. The summed E-state index contributed by atoms with van der Waals surface area (Å²) in [5.74, 6) is 0. The minimum atomic E-state index is -3.64. The molecule has 1 aromatic heterocycles. The van der Waals surface area contributed by atoms with Crippen molar-refractivity contribution >= 4 is 32.8 Å². The Morgan fingerprint density at radius 2 is 1.92 bits per heavy atom. The van der Waals surface area contributed by atoms with Gasteiger partial charge in [-0.15, -0.1) is 0 Å². The average molecular weight is 215 g/mol. The van der Waals surface area contributed by atoms with E-state index < -0.39 is 10.0 Å². The van der Waals surface area contributed by atoms with Crippen molar-refractivity contribution in [3.8, 4) is 0 Å². The van der Waals surface area contributed by atoms with Crippen LogP contribution in [0.2, 0.25) is 0 Å². The monoisotopic (exact) mass is 215 g/mol. The number of aromatic nitrogens is 2. The zero-order valence-electron chi connectivity index (χ0n) is 6.34. The van der Waals surface area contributed by atoms with Gasteiger partial charge in [0.15, 0.2) is 0 Å². The molecule has 0 spiro atoms. The molecule has 13 heavy (non-hydrogen) atoms. The third-order valence-electron chi connectivity index (χ3n) is 1.55. The normalized spacial score (nSPS) is 12.1. The van der Waals surface area contributed by atoms with E-state index >= 15 is 0 Å². The summed E-state index contributed by atoms with van der Waals surface area (Å²) < 4.78 is 29.7. The lowest BCUT2D eigenvalue weighted by molar-refractivity contribution is 0.598. The Bertz CT molecular complexity index is 546. The van der Waals surface area contributed by atoms with Crippen molar-refractivity contribution in [1.82, 2.24) is 8.75 Å². The summed E-state index contributed by atoms with van der Waals surface area (Å²) in [5, 5.41) is 4.94. The topological polar surface area (TPSA) is 85.9 Å². The van der Waals surface area contributed by atoms with Crippen molar-refractivity contribution in [1.29, 1.82) is 0 Å². The number of nitrogens with zero attached hydrogens (tertiary/aromatic N) is 2. The molecular formula is C6H5N3O2S2. The number of hydrogen-bond donors (Lipinski definition) is 1. The van der Waals surface area contributed by atoms with Crippen molar-refractivity contribution in [3.63, 3.8) is 0 Å². The maximum Gasteiger partial charge on any atom is 0.238 e. The number of hydrogen-bond acceptors (Lipinski definition) is 5. The molecule has 0 fully saturated rings. The van der Waals surface area contributed by atoms with Crippen LogP contribution in [0.4, 0.5) is 0 Å². The minimum Gasteiger partial charge on any atom is -0.225 e. The van der Waals surface area contributed by atoms with Gasteiger partial charge in [-0.05, 0) is 18.2 Å². The molecule has 0 aliphatic carbocycles. The molecule has 0 aliphatic rings. The molecule has 0 saturated carbocycles. The summed E-state index contributed by atoms with van der Waals surface area (Å²) in [6, 6.07) is 4.41. The van der Waals surface area contributed by atoms with E-state index in [1.54, 1.807) is 6.07 Å². The van der Waals surface area contributed by atoms with Gasteiger partial charge in [-0.3, -0.25) is 0 Å². The molecule has 0 radical (unpaired) electrons. The number of fused-ring (bicyclic) bond motifs is 1. The van der Waals surface area contributed by atoms with Crippen LogP contribution in [0, 0.1) is 0 Å². The lowest BCUT2D eigenvalue weighted by atomic mass is 10.3. The van der Waals surface area contributed by atoms with Gasteiger partial charge in [0.05, 0.1) is 16.6 Å². The molecule has 0 aliphatic heterocycles. The zero-order chi connectivity index (χ0) is 9.47. The molecule has 2 rings (SSSR count). The maximum atomic E-state index is 10.9. The highest BCUT2D eigenvalue weighted by Gasteiger charge is 2.09. The van der Waals surface area contributed by atoms with Crippen LogP contribution >= 0.6 is 11.7 Å². The van der Waals surface area contributed by atoms with Crippen LogP contribution in [0.3, 0.4) is 0 Å². The first-order valence-corrected chi connectivity index (χ1v) is 5.60. The Labute approximate surface area is 78.6 Å². The fraction of sp³-hybridized carbons (Fsp3) is 0. The predicted octanol–water partition coefficient (Wildman–Crippen LogP) is 0.339. The third-order valence-corrected chi connectivity index (χ3v) is 3.02. The van der Waals surface area contributed by atoms with Gasteiger partial charge in [0.1, 0.15) is 11.0 Å². The van der Waals surface area contributed by atoms with Gasteiger partial charge in [0, 0.05) is 0 Å².